The third-order valence-corrected chi connectivity index (χ3v) is 6.28. The summed E-state index contributed by atoms with van der Waals surface area (Å²) in [6.45, 7) is 2.33. The molecule has 2 rings (SSSR count). The SMILES string of the molecule is CN=C(NCc1ccc(F)cc1CSC)NCC1CCN(S(C)(=O)=O)C1.I. The summed E-state index contributed by atoms with van der Waals surface area (Å²) in [6.07, 6.45) is 4.08. The van der Waals surface area contributed by atoms with Crippen LogP contribution in [0.5, 0.6) is 0 Å². The van der Waals surface area contributed by atoms with Crippen molar-refractivity contribution >= 4 is 51.7 Å². The van der Waals surface area contributed by atoms with E-state index in [0.29, 0.717) is 32.1 Å². The Morgan fingerprint density at radius 1 is 1.37 bits per heavy atom. The highest BCUT2D eigenvalue weighted by Gasteiger charge is 2.28. The minimum Gasteiger partial charge on any atom is -0.356 e. The summed E-state index contributed by atoms with van der Waals surface area (Å²) in [6, 6.07) is 4.83. The fourth-order valence-electron chi connectivity index (χ4n) is 2.96. The van der Waals surface area contributed by atoms with Crippen molar-refractivity contribution in [3.05, 3.63) is 35.1 Å². The molecule has 2 N–H and O–H groups in total. The number of nitrogens with zero attached hydrogens (tertiary/aromatic N) is 2. The molecule has 10 heteroatoms. The lowest BCUT2D eigenvalue weighted by molar-refractivity contribution is 0.459. The molecule has 0 aromatic heterocycles. The van der Waals surface area contributed by atoms with E-state index in [0.717, 1.165) is 23.3 Å². The van der Waals surface area contributed by atoms with E-state index in [2.05, 4.69) is 15.6 Å². The average molecular weight is 530 g/mol. The van der Waals surface area contributed by atoms with Gasteiger partial charge in [0.15, 0.2) is 5.96 Å². The molecule has 154 valence electrons. The van der Waals surface area contributed by atoms with Crippen molar-refractivity contribution in [3.63, 3.8) is 0 Å². The fraction of sp³-hybridized carbons (Fsp3) is 0.588. The van der Waals surface area contributed by atoms with Gasteiger partial charge in [0.2, 0.25) is 10.0 Å². The second kappa shape index (κ2) is 11.4. The quantitative estimate of drug-likeness (QED) is 0.322. The second-order valence-electron chi connectivity index (χ2n) is 6.43. The van der Waals surface area contributed by atoms with E-state index in [1.807, 2.05) is 6.26 Å². The van der Waals surface area contributed by atoms with Crippen LogP contribution in [0.15, 0.2) is 23.2 Å². The molecule has 1 aliphatic heterocycles. The molecule has 0 saturated carbocycles. The van der Waals surface area contributed by atoms with Gasteiger partial charge in [-0.25, -0.2) is 17.1 Å². The minimum atomic E-state index is -3.11. The molecule has 27 heavy (non-hydrogen) atoms. The van der Waals surface area contributed by atoms with Crippen molar-refractivity contribution in [2.45, 2.75) is 18.7 Å². The molecule has 1 fully saturated rings. The minimum absolute atomic E-state index is 0. The molecule has 6 nitrogen and oxygen atoms in total. The first-order valence-corrected chi connectivity index (χ1v) is 11.7. The van der Waals surface area contributed by atoms with Gasteiger partial charge in [-0.3, -0.25) is 4.99 Å². The molecule has 1 aromatic rings. The van der Waals surface area contributed by atoms with Crippen LogP contribution in [0.25, 0.3) is 0 Å². The molecule has 1 heterocycles. The second-order valence-corrected chi connectivity index (χ2v) is 9.28. The molecule has 0 spiro atoms. The van der Waals surface area contributed by atoms with E-state index < -0.39 is 10.0 Å². The van der Waals surface area contributed by atoms with Gasteiger partial charge in [-0.05, 0) is 41.9 Å². The number of thioether (sulfide) groups is 1. The molecule has 1 aromatic carbocycles. The molecule has 0 aliphatic carbocycles. The molecule has 1 aliphatic rings. The van der Waals surface area contributed by atoms with E-state index in [4.69, 9.17) is 0 Å². The number of aliphatic imine (C=N–C) groups is 1. The first kappa shape index (κ1) is 24.4. The highest BCUT2D eigenvalue weighted by Crippen LogP contribution is 2.18. The standard InChI is InChI=1S/C17H27FN4O2S2.HI/c1-19-17(20-9-13-6-7-22(11-13)26(3,23)24)21-10-14-4-5-16(18)8-15(14)12-25-2;/h4-5,8,13H,6-7,9-12H2,1-3H3,(H2,19,20,21);1H. The van der Waals surface area contributed by atoms with E-state index in [1.165, 1.54) is 16.6 Å². The van der Waals surface area contributed by atoms with Crippen LogP contribution in [0.3, 0.4) is 0 Å². The third-order valence-electron chi connectivity index (χ3n) is 4.41. The van der Waals surface area contributed by atoms with Crippen molar-refractivity contribution < 1.29 is 12.8 Å². The predicted molar refractivity (Wildman–Crippen MR) is 122 cm³/mol. The molecule has 1 atom stereocenters. The lowest BCUT2D eigenvalue weighted by Crippen LogP contribution is -2.40. The zero-order valence-corrected chi connectivity index (χ0v) is 19.8. The molecule has 0 bridgehead atoms. The topological polar surface area (TPSA) is 73.8 Å². The van der Waals surface area contributed by atoms with Gasteiger partial charge in [0.25, 0.3) is 0 Å². The van der Waals surface area contributed by atoms with Gasteiger partial charge >= 0.3 is 0 Å². The monoisotopic (exact) mass is 530 g/mol. The number of rotatable bonds is 7. The first-order chi connectivity index (χ1) is 12.3. The van der Waals surface area contributed by atoms with Gasteiger partial charge in [-0.2, -0.15) is 11.8 Å². The van der Waals surface area contributed by atoms with Crippen LogP contribution in [0, 0.1) is 11.7 Å². The maximum atomic E-state index is 13.4. The number of guanidine groups is 1. The Balaban J connectivity index is 0.00000364. The maximum Gasteiger partial charge on any atom is 0.211 e. The highest BCUT2D eigenvalue weighted by atomic mass is 127. The predicted octanol–water partition coefficient (Wildman–Crippen LogP) is 2.25. The number of hydrogen-bond acceptors (Lipinski definition) is 4. The number of halogens is 2. The first-order valence-electron chi connectivity index (χ1n) is 8.49. The summed E-state index contributed by atoms with van der Waals surface area (Å²) in [5, 5.41) is 6.50. The van der Waals surface area contributed by atoms with Crippen LogP contribution in [-0.4, -0.2) is 57.9 Å². The molecular formula is C17H28FIN4O2S2. The van der Waals surface area contributed by atoms with Gasteiger partial charge in [-0.15, -0.1) is 24.0 Å². The maximum absolute atomic E-state index is 13.4. The van der Waals surface area contributed by atoms with Crippen LogP contribution >= 0.6 is 35.7 Å². The summed E-state index contributed by atoms with van der Waals surface area (Å²) in [5.74, 6) is 1.45. The van der Waals surface area contributed by atoms with Crippen molar-refractivity contribution in [1.29, 1.82) is 0 Å². The lowest BCUT2D eigenvalue weighted by atomic mass is 10.1. The van der Waals surface area contributed by atoms with E-state index in [9.17, 15) is 12.8 Å². The molecule has 0 amide bonds. The normalized spacial score (nSPS) is 18.2. The molecule has 0 radical (unpaired) electrons. The van der Waals surface area contributed by atoms with Gasteiger partial charge < -0.3 is 10.6 Å². The van der Waals surface area contributed by atoms with Crippen molar-refractivity contribution in [1.82, 2.24) is 14.9 Å². The van der Waals surface area contributed by atoms with Crippen LogP contribution in [0.1, 0.15) is 17.5 Å². The van der Waals surface area contributed by atoms with Crippen LogP contribution < -0.4 is 10.6 Å². The van der Waals surface area contributed by atoms with E-state index in [1.54, 1.807) is 30.9 Å². The summed E-state index contributed by atoms with van der Waals surface area (Å²) in [5.41, 5.74) is 2.01. The highest BCUT2D eigenvalue weighted by molar-refractivity contribution is 14.0. The Morgan fingerprint density at radius 3 is 2.70 bits per heavy atom. The largest absolute Gasteiger partial charge is 0.356 e. The lowest BCUT2D eigenvalue weighted by Gasteiger charge is -2.17. The Bertz CT molecular complexity index is 746. The van der Waals surface area contributed by atoms with Crippen LogP contribution in [0.2, 0.25) is 0 Å². The van der Waals surface area contributed by atoms with Gasteiger partial charge in [-0.1, -0.05) is 6.07 Å². The fourth-order valence-corrected chi connectivity index (χ4v) is 4.46. The average Bonchev–Trinajstić information content (AvgIpc) is 3.06. The van der Waals surface area contributed by atoms with Crippen molar-refractivity contribution in [2.24, 2.45) is 10.9 Å². The number of nitrogens with one attached hydrogen (secondary N) is 2. The summed E-state index contributed by atoms with van der Waals surface area (Å²) >= 11 is 1.65. The molecule has 1 unspecified atom stereocenters. The molecular weight excluding hydrogens is 502 g/mol. The third kappa shape index (κ3) is 7.74. The zero-order valence-electron chi connectivity index (χ0n) is 15.9. The van der Waals surface area contributed by atoms with E-state index in [-0.39, 0.29) is 35.7 Å². The van der Waals surface area contributed by atoms with Gasteiger partial charge in [0, 0.05) is 39.0 Å². The Morgan fingerprint density at radius 2 is 2.11 bits per heavy atom. The Kier molecular flexibility index (Phi) is 10.3. The van der Waals surface area contributed by atoms with Crippen molar-refractivity contribution in [2.75, 3.05) is 39.2 Å². The van der Waals surface area contributed by atoms with Crippen LogP contribution in [-0.2, 0) is 22.3 Å². The Hall–Kier alpha value is -0.590. The van der Waals surface area contributed by atoms with Gasteiger partial charge in [0.05, 0.1) is 6.26 Å². The van der Waals surface area contributed by atoms with Crippen molar-refractivity contribution in [3.8, 4) is 0 Å². The summed E-state index contributed by atoms with van der Waals surface area (Å²) in [7, 11) is -1.42. The smallest absolute Gasteiger partial charge is 0.211 e. The number of hydrogen-bond donors (Lipinski definition) is 2. The number of sulfonamides is 1. The Labute approximate surface area is 182 Å². The van der Waals surface area contributed by atoms with Crippen LogP contribution in [0.4, 0.5) is 4.39 Å². The number of benzene rings is 1. The van der Waals surface area contributed by atoms with Gasteiger partial charge in [0.1, 0.15) is 5.82 Å². The van der Waals surface area contributed by atoms with E-state index >= 15 is 0 Å². The summed E-state index contributed by atoms with van der Waals surface area (Å²) in [4.78, 5) is 4.21. The molecule has 1 saturated heterocycles. The zero-order chi connectivity index (χ0) is 19.2. The summed E-state index contributed by atoms with van der Waals surface area (Å²) < 4.78 is 38.1.